The van der Waals surface area contributed by atoms with Crippen molar-refractivity contribution in [2.45, 2.75) is 34.1 Å². The van der Waals surface area contributed by atoms with Gasteiger partial charge in [0.2, 0.25) is 0 Å². The number of benzene rings is 5. The molecule has 0 fully saturated rings. The topological polar surface area (TPSA) is 0 Å². The first kappa shape index (κ1) is 30.5. The smallest absolute Gasteiger partial charge is 0.00264 e. The highest BCUT2D eigenvalue weighted by atomic mass is 14.2. The van der Waals surface area contributed by atoms with E-state index < -0.39 is 0 Å². The summed E-state index contributed by atoms with van der Waals surface area (Å²) in [6, 6.07) is 35.7. The Hall–Kier alpha value is -4.94. The molecule has 5 rings (SSSR count). The summed E-state index contributed by atoms with van der Waals surface area (Å²) in [4.78, 5) is 0. The molecule has 0 spiro atoms. The van der Waals surface area contributed by atoms with Crippen molar-refractivity contribution in [2.24, 2.45) is 5.92 Å². The van der Waals surface area contributed by atoms with Crippen LogP contribution >= 0.6 is 0 Å². The van der Waals surface area contributed by atoms with Gasteiger partial charge in [0.05, 0.1) is 0 Å². The molecule has 0 aliphatic carbocycles. The van der Waals surface area contributed by atoms with Gasteiger partial charge in [-0.15, -0.1) is 0 Å². The van der Waals surface area contributed by atoms with Crippen LogP contribution in [-0.2, 0) is 0 Å². The van der Waals surface area contributed by atoms with Crippen molar-refractivity contribution in [1.29, 1.82) is 0 Å². The summed E-state index contributed by atoms with van der Waals surface area (Å²) in [5.74, 6) is 0.542. The molecule has 218 valence electrons. The standard InChI is InChI=1S/C44H42/c1-6-10-17-33(15-7-2)35-24-28-37(29-25-35)43-39-18-11-13-20-41(39)44(42-21-14-12-19-40(42)43)38-30-26-36(27-31-38)34(16-8-3)23-22-32(5)9-4/h6-8,10-32H,3,9H2,1-2,4-5H3/b10-6+,15-7-,23-22-,33-17+,34-16+. The van der Waals surface area contributed by atoms with Gasteiger partial charge in [0.25, 0.3) is 0 Å². The molecule has 0 heterocycles. The van der Waals surface area contributed by atoms with Gasteiger partial charge >= 0.3 is 0 Å². The lowest BCUT2D eigenvalue weighted by molar-refractivity contribution is 0.698. The summed E-state index contributed by atoms with van der Waals surface area (Å²) in [5.41, 5.74) is 9.78. The molecule has 0 amide bonds. The predicted molar refractivity (Wildman–Crippen MR) is 197 cm³/mol. The average molecular weight is 571 g/mol. The van der Waals surface area contributed by atoms with Gasteiger partial charge < -0.3 is 0 Å². The fourth-order valence-electron chi connectivity index (χ4n) is 5.82. The largest absolute Gasteiger partial charge is 0.0990 e. The maximum absolute atomic E-state index is 3.95. The zero-order chi connectivity index (χ0) is 30.9. The van der Waals surface area contributed by atoms with E-state index in [4.69, 9.17) is 0 Å². The van der Waals surface area contributed by atoms with Gasteiger partial charge in [-0.2, -0.15) is 0 Å². The summed E-state index contributed by atoms with van der Waals surface area (Å²) >= 11 is 0. The lowest BCUT2D eigenvalue weighted by Gasteiger charge is -2.18. The van der Waals surface area contributed by atoms with Gasteiger partial charge in [-0.05, 0) is 85.8 Å². The van der Waals surface area contributed by atoms with E-state index in [1.165, 1.54) is 66.1 Å². The summed E-state index contributed by atoms with van der Waals surface area (Å²) in [6.07, 6.45) is 20.2. The number of hydrogen-bond acceptors (Lipinski definition) is 0. The van der Waals surface area contributed by atoms with Crippen LogP contribution < -0.4 is 0 Å². The van der Waals surface area contributed by atoms with Crippen LogP contribution in [0.25, 0.3) is 54.9 Å². The van der Waals surface area contributed by atoms with Gasteiger partial charge in [-0.3, -0.25) is 0 Å². The average Bonchev–Trinajstić information content (AvgIpc) is 3.07. The summed E-state index contributed by atoms with van der Waals surface area (Å²) in [7, 11) is 0. The Balaban J connectivity index is 1.65. The molecule has 5 aromatic rings. The molecule has 0 N–H and O–H groups in total. The third-order valence-corrected chi connectivity index (χ3v) is 8.31. The number of hydrogen-bond donors (Lipinski definition) is 0. The molecular weight excluding hydrogens is 528 g/mol. The van der Waals surface area contributed by atoms with Crippen LogP contribution in [0.15, 0.2) is 158 Å². The zero-order valence-electron chi connectivity index (χ0n) is 26.4. The van der Waals surface area contributed by atoms with Crippen LogP contribution in [0.4, 0.5) is 0 Å². The van der Waals surface area contributed by atoms with Crippen LogP contribution in [0, 0.1) is 5.92 Å². The lowest BCUT2D eigenvalue weighted by Crippen LogP contribution is -1.92. The molecule has 0 aromatic heterocycles. The molecular formula is C44H42. The number of fused-ring (bicyclic) bond motifs is 2. The van der Waals surface area contributed by atoms with Gasteiger partial charge in [0, 0.05) is 0 Å². The molecule has 0 aliphatic rings. The summed E-state index contributed by atoms with van der Waals surface area (Å²) < 4.78 is 0. The Morgan fingerprint density at radius 1 is 0.614 bits per heavy atom. The fraction of sp³-hybridized carbons (Fsp3) is 0.136. The lowest BCUT2D eigenvalue weighted by atomic mass is 9.85. The van der Waals surface area contributed by atoms with Crippen molar-refractivity contribution in [2.75, 3.05) is 0 Å². The molecule has 1 unspecified atom stereocenters. The Morgan fingerprint density at radius 3 is 1.45 bits per heavy atom. The van der Waals surface area contributed by atoms with E-state index in [-0.39, 0.29) is 0 Å². The minimum Gasteiger partial charge on any atom is -0.0990 e. The molecule has 44 heavy (non-hydrogen) atoms. The minimum atomic E-state index is 0.542. The predicted octanol–water partition coefficient (Wildman–Crippen LogP) is 13.0. The van der Waals surface area contributed by atoms with Gasteiger partial charge in [0.15, 0.2) is 0 Å². The van der Waals surface area contributed by atoms with Crippen molar-refractivity contribution in [3.05, 3.63) is 169 Å². The Morgan fingerprint density at radius 2 is 1.07 bits per heavy atom. The van der Waals surface area contributed by atoms with Crippen LogP contribution in [0.3, 0.4) is 0 Å². The van der Waals surface area contributed by atoms with E-state index in [0.717, 1.165) is 6.42 Å². The fourth-order valence-corrected chi connectivity index (χ4v) is 5.82. The van der Waals surface area contributed by atoms with Crippen molar-refractivity contribution < 1.29 is 0 Å². The van der Waals surface area contributed by atoms with Crippen LogP contribution in [0.2, 0.25) is 0 Å². The first-order valence-electron chi connectivity index (χ1n) is 15.7. The zero-order valence-corrected chi connectivity index (χ0v) is 26.4. The Kier molecular flexibility index (Phi) is 10.1. The van der Waals surface area contributed by atoms with Crippen LogP contribution in [0.5, 0.6) is 0 Å². The van der Waals surface area contributed by atoms with E-state index in [9.17, 15) is 0 Å². The van der Waals surface area contributed by atoms with E-state index >= 15 is 0 Å². The second kappa shape index (κ2) is 14.5. The van der Waals surface area contributed by atoms with Crippen LogP contribution in [0.1, 0.15) is 45.2 Å². The maximum atomic E-state index is 3.95. The number of rotatable bonds is 10. The molecule has 0 bridgehead atoms. The molecule has 0 radical (unpaired) electrons. The third-order valence-electron chi connectivity index (χ3n) is 8.31. The normalized spacial score (nSPS) is 13.5. The monoisotopic (exact) mass is 570 g/mol. The van der Waals surface area contributed by atoms with E-state index in [1.54, 1.807) is 0 Å². The highest BCUT2D eigenvalue weighted by Gasteiger charge is 2.16. The summed E-state index contributed by atoms with van der Waals surface area (Å²) in [6.45, 7) is 12.5. The highest BCUT2D eigenvalue weighted by molar-refractivity contribution is 6.21. The number of allylic oxidation sites excluding steroid dienone is 11. The van der Waals surface area contributed by atoms with Gasteiger partial charge in [-0.25, -0.2) is 0 Å². The molecule has 0 saturated carbocycles. The SMILES string of the molecule is C=C/C=C(\C=C/C(C)CC)c1ccc(-c2c3ccccc3c(-c3ccc(C(/C=C\C)=C/C=C/C)cc3)c3ccccc23)cc1. The third kappa shape index (κ3) is 6.51. The first-order valence-corrected chi connectivity index (χ1v) is 15.7. The Bertz CT molecular complexity index is 1850. The first-order chi connectivity index (χ1) is 21.6. The van der Waals surface area contributed by atoms with Crippen molar-refractivity contribution in [1.82, 2.24) is 0 Å². The van der Waals surface area contributed by atoms with E-state index in [1.807, 2.05) is 13.0 Å². The van der Waals surface area contributed by atoms with Crippen molar-refractivity contribution in [3.8, 4) is 22.3 Å². The molecule has 1 atom stereocenters. The second-order valence-electron chi connectivity index (χ2n) is 11.2. The molecule has 5 aromatic carbocycles. The van der Waals surface area contributed by atoms with E-state index in [0.29, 0.717) is 5.92 Å². The minimum absolute atomic E-state index is 0.542. The quantitative estimate of drug-likeness (QED) is 0.116. The van der Waals surface area contributed by atoms with Gasteiger partial charge in [-0.1, -0.05) is 179 Å². The van der Waals surface area contributed by atoms with Crippen LogP contribution in [-0.4, -0.2) is 0 Å². The molecule has 0 nitrogen and oxygen atoms in total. The molecule has 0 aliphatic heterocycles. The van der Waals surface area contributed by atoms with E-state index in [2.05, 4.69) is 173 Å². The molecule has 0 saturated heterocycles. The summed E-state index contributed by atoms with van der Waals surface area (Å²) in [5, 5.41) is 5.05. The maximum Gasteiger partial charge on any atom is -0.00264 e. The molecule has 0 heteroatoms. The van der Waals surface area contributed by atoms with Gasteiger partial charge in [0.1, 0.15) is 0 Å². The highest BCUT2D eigenvalue weighted by Crippen LogP contribution is 2.44. The Labute approximate surface area is 263 Å². The van der Waals surface area contributed by atoms with Crippen molar-refractivity contribution >= 4 is 32.7 Å². The second-order valence-corrected chi connectivity index (χ2v) is 11.2. The van der Waals surface area contributed by atoms with Crippen molar-refractivity contribution in [3.63, 3.8) is 0 Å².